The molecule has 2 atom stereocenters. The van der Waals surface area contributed by atoms with Crippen molar-refractivity contribution in [2.45, 2.75) is 18.9 Å². The molecule has 5 heteroatoms. The highest BCUT2D eigenvalue weighted by Gasteiger charge is 2.32. The number of nitrogens with one attached hydrogen (secondary N) is 1. The average molecular weight is 189 g/mol. The van der Waals surface area contributed by atoms with Gasteiger partial charge in [0.15, 0.2) is 0 Å². The van der Waals surface area contributed by atoms with Gasteiger partial charge < -0.3 is 0 Å². The van der Waals surface area contributed by atoms with Crippen LogP contribution in [0, 0.1) is 5.92 Å². The number of allylic oxidation sites excluding steroid dienone is 1. The Morgan fingerprint density at radius 3 is 3.17 bits per heavy atom. The van der Waals surface area contributed by atoms with Crippen LogP contribution in [-0.4, -0.2) is 21.1 Å². The highest BCUT2D eigenvalue weighted by Crippen LogP contribution is 2.23. The first kappa shape index (κ1) is 8.22. The van der Waals surface area contributed by atoms with E-state index in [9.17, 15) is 8.42 Å². The molecule has 1 saturated heterocycles. The minimum absolute atomic E-state index is 0.0440. The summed E-state index contributed by atoms with van der Waals surface area (Å²) in [6.45, 7) is 0.324. The Labute approximate surface area is 71.9 Å². The fourth-order valence-electron chi connectivity index (χ4n) is 1.59. The lowest BCUT2D eigenvalue weighted by Crippen LogP contribution is -2.47. The van der Waals surface area contributed by atoms with Gasteiger partial charge in [0.1, 0.15) is 0 Å². The molecule has 0 spiro atoms. The molecule has 1 fully saturated rings. The maximum atomic E-state index is 10.9. The lowest BCUT2D eigenvalue weighted by molar-refractivity contribution is 0.190. The standard InChI is InChI=1S/C7H11NO3S/c9-12(10)8-7-4-2-1-3-6(7)5-11-12/h2,4,6-8H,1,3,5H2/t6-,7+/m1/s1. The maximum absolute atomic E-state index is 10.9. The molecule has 0 unspecified atom stereocenters. The molecule has 0 radical (unpaired) electrons. The van der Waals surface area contributed by atoms with Crippen molar-refractivity contribution >= 4 is 10.3 Å². The quantitative estimate of drug-likeness (QED) is 0.553. The summed E-state index contributed by atoms with van der Waals surface area (Å²) in [6, 6.07) is -0.0440. The van der Waals surface area contributed by atoms with Crippen LogP contribution in [0.15, 0.2) is 12.2 Å². The molecule has 68 valence electrons. The van der Waals surface area contributed by atoms with E-state index in [0.717, 1.165) is 12.8 Å². The third-order valence-electron chi connectivity index (χ3n) is 2.27. The van der Waals surface area contributed by atoms with E-state index in [1.54, 1.807) is 0 Å². The summed E-state index contributed by atoms with van der Waals surface area (Å²) < 4.78 is 29.0. The molecule has 1 aliphatic carbocycles. The number of hydrogen-bond acceptors (Lipinski definition) is 3. The smallest absolute Gasteiger partial charge is 0.258 e. The molecular formula is C7H11NO3S. The molecule has 2 rings (SSSR count). The molecule has 1 N–H and O–H groups in total. The topological polar surface area (TPSA) is 55.4 Å². The van der Waals surface area contributed by atoms with Gasteiger partial charge in [-0.25, -0.2) is 0 Å². The van der Waals surface area contributed by atoms with E-state index < -0.39 is 10.3 Å². The van der Waals surface area contributed by atoms with Gasteiger partial charge >= 0.3 is 10.3 Å². The molecule has 0 aromatic heterocycles. The van der Waals surface area contributed by atoms with Crippen molar-refractivity contribution in [3.05, 3.63) is 12.2 Å². The highest BCUT2D eigenvalue weighted by atomic mass is 32.2. The summed E-state index contributed by atoms with van der Waals surface area (Å²) in [5.41, 5.74) is 0. The van der Waals surface area contributed by atoms with Crippen molar-refractivity contribution in [2.75, 3.05) is 6.61 Å². The minimum atomic E-state index is -3.45. The zero-order chi connectivity index (χ0) is 8.60. The molecule has 1 aliphatic heterocycles. The zero-order valence-electron chi connectivity index (χ0n) is 6.56. The van der Waals surface area contributed by atoms with Crippen LogP contribution in [0.1, 0.15) is 12.8 Å². The second-order valence-corrected chi connectivity index (χ2v) is 4.53. The summed E-state index contributed by atoms with van der Waals surface area (Å²) in [6.07, 6.45) is 5.94. The van der Waals surface area contributed by atoms with E-state index >= 15 is 0 Å². The Morgan fingerprint density at radius 2 is 2.33 bits per heavy atom. The van der Waals surface area contributed by atoms with Crippen LogP contribution in [0.25, 0.3) is 0 Å². The van der Waals surface area contributed by atoms with Gasteiger partial charge in [0.25, 0.3) is 0 Å². The maximum Gasteiger partial charge on any atom is 0.336 e. The van der Waals surface area contributed by atoms with E-state index in [1.807, 2.05) is 12.2 Å². The van der Waals surface area contributed by atoms with Gasteiger partial charge in [-0.15, -0.1) is 0 Å². The van der Waals surface area contributed by atoms with Gasteiger partial charge in [0.05, 0.1) is 6.61 Å². The molecular weight excluding hydrogens is 178 g/mol. The van der Waals surface area contributed by atoms with E-state index in [-0.39, 0.29) is 6.04 Å². The molecule has 12 heavy (non-hydrogen) atoms. The Hall–Kier alpha value is -0.390. The van der Waals surface area contributed by atoms with E-state index in [0.29, 0.717) is 12.5 Å². The Morgan fingerprint density at radius 1 is 1.50 bits per heavy atom. The van der Waals surface area contributed by atoms with Gasteiger partial charge in [0, 0.05) is 12.0 Å². The summed E-state index contributed by atoms with van der Waals surface area (Å²) in [5, 5.41) is 0. The summed E-state index contributed by atoms with van der Waals surface area (Å²) in [4.78, 5) is 0. The molecule has 0 aromatic carbocycles. The fourth-order valence-corrected chi connectivity index (χ4v) is 2.62. The third-order valence-corrected chi connectivity index (χ3v) is 3.28. The Balaban J connectivity index is 2.18. The molecule has 0 amide bonds. The predicted octanol–water partition coefficient (Wildman–Crippen LogP) is 0.186. The zero-order valence-corrected chi connectivity index (χ0v) is 7.38. The molecule has 4 nitrogen and oxygen atoms in total. The first-order chi connectivity index (χ1) is 5.67. The van der Waals surface area contributed by atoms with Crippen LogP contribution >= 0.6 is 0 Å². The number of hydrogen-bond donors (Lipinski definition) is 1. The minimum Gasteiger partial charge on any atom is -0.258 e. The van der Waals surface area contributed by atoms with Gasteiger partial charge in [0.2, 0.25) is 0 Å². The molecule has 0 bridgehead atoms. The van der Waals surface area contributed by atoms with Gasteiger partial charge in [-0.1, -0.05) is 12.2 Å². The monoisotopic (exact) mass is 189 g/mol. The predicted molar refractivity (Wildman–Crippen MR) is 43.7 cm³/mol. The first-order valence-corrected chi connectivity index (χ1v) is 5.41. The third kappa shape index (κ3) is 1.53. The van der Waals surface area contributed by atoms with Crippen LogP contribution in [0.5, 0.6) is 0 Å². The van der Waals surface area contributed by atoms with E-state index in [1.165, 1.54) is 0 Å². The van der Waals surface area contributed by atoms with Crippen LogP contribution in [0.4, 0.5) is 0 Å². The van der Waals surface area contributed by atoms with Crippen molar-refractivity contribution in [3.63, 3.8) is 0 Å². The van der Waals surface area contributed by atoms with Crippen molar-refractivity contribution < 1.29 is 12.6 Å². The summed E-state index contributed by atoms with van der Waals surface area (Å²) in [7, 11) is -3.45. The van der Waals surface area contributed by atoms with Crippen LogP contribution in [0.3, 0.4) is 0 Å². The lowest BCUT2D eigenvalue weighted by atomic mass is 9.91. The van der Waals surface area contributed by atoms with Crippen molar-refractivity contribution in [1.29, 1.82) is 0 Å². The van der Waals surface area contributed by atoms with Crippen LogP contribution < -0.4 is 4.72 Å². The van der Waals surface area contributed by atoms with Gasteiger partial charge in [-0.3, -0.25) is 4.18 Å². The van der Waals surface area contributed by atoms with Crippen molar-refractivity contribution in [1.82, 2.24) is 4.72 Å². The normalized spacial score (nSPS) is 39.0. The summed E-state index contributed by atoms with van der Waals surface area (Å²) >= 11 is 0. The average Bonchev–Trinajstić information content (AvgIpc) is 2.02. The molecule has 1 heterocycles. The van der Waals surface area contributed by atoms with Gasteiger partial charge in [-0.05, 0) is 12.8 Å². The van der Waals surface area contributed by atoms with Crippen molar-refractivity contribution in [3.8, 4) is 0 Å². The first-order valence-electron chi connectivity index (χ1n) is 4.01. The van der Waals surface area contributed by atoms with E-state index in [4.69, 9.17) is 0 Å². The van der Waals surface area contributed by atoms with Crippen molar-refractivity contribution in [2.24, 2.45) is 5.92 Å². The molecule has 2 aliphatic rings. The van der Waals surface area contributed by atoms with Crippen LogP contribution in [0.2, 0.25) is 0 Å². The van der Waals surface area contributed by atoms with E-state index in [2.05, 4.69) is 8.91 Å². The second kappa shape index (κ2) is 2.83. The fraction of sp³-hybridized carbons (Fsp3) is 0.714. The number of rotatable bonds is 0. The number of fused-ring (bicyclic) bond motifs is 1. The Bertz CT molecular complexity index is 296. The van der Waals surface area contributed by atoms with Crippen LogP contribution in [-0.2, 0) is 14.5 Å². The molecule has 0 aromatic rings. The summed E-state index contributed by atoms with van der Waals surface area (Å²) in [5.74, 6) is 0.318. The highest BCUT2D eigenvalue weighted by molar-refractivity contribution is 7.84. The SMILES string of the molecule is O=S1(=O)N[C@H]2C=CCC[C@@H]2CO1. The van der Waals surface area contributed by atoms with Gasteiger partial charge in [-0.2, -0.15) is 13.1 Å². The molecule has 0 saturated carbocycles. The Kier molecular flexibility index (Phi) is 1.94. The lowest BCUT2D eigenvalue weighted by Gasteiger charge is -2.31. The second-order valence-electron chi connectivity index (χ2n) is 3.15. The largest absolute Gasteiger partial charge is 0.336 e.